The van der Waals surface area contributed by atoms with E-state index in [0.717, 1.165) is 30.8 Å². The van der Waals surface area contributed by atoms with E-state index in [1.54, 1.807) is 0 Å². The van der Waals surface area contributed by atoms with Crippen LogP contribution < -0.4 is 5.73 Å². The normalized spacial score (nSPS) is 12.9. The van der Waals surface area contributed by atoms with Crippen LogP contribution >= 0.6 is 0 Å². The van der Waals surface area contributed by atoms with E-state index >= 15 is 0 Å². The molecule has 0 fully saturated rings. The molecule has 0 aliphatic rings. The first kappa shape index (κ1) is 15.7. The number of hydrogen-bond donors (Lipinski definition) is 1. The van der Waals surface area contributed by atoms with Gasteiger partial charge in [-0.15, -0.1) is 0 Å². The fraction of sp³-hybridized carbons (Fsp3) is 0.500. The molecule has 0 aliphatic carbocycles. The number of likely N-dealkylation sites (N-methyl/N-ethyl adjacent to an activating group) is 1. The van der Waals surface area contributed by atoms with Gasteiger partial charge in [-0.3, -0.25) is 0 Å². The number of rotatable bonds is 6. The van der Waals surface area contributed by atoms with Crippen molar-refractivity contribution in [3.63, 3.8) is 0 Å². The minimum Gasteiger partial charge on any atom is -0.334 e. The van der Waals surface area contributed by atoms with E-state index in [4.69, 9.17) is 10.3 Å². The highest BCUT2D eigenvalue weighted by Crippen LogP contribution is 2.23. The van der Waals surface area contributed by atoms with Crippen molar-refractivity contribution < 1.29 is 4.52 Å². The van der Waals surface area contributed by atoms with Crippen LogP contribution in [0.1, 0.15) is 36.8 Å². The monoisotopic (exact) mass is 288 g/mol. The third-order valence-corrected chi connectivity index (χ3v) is 3.74. The Bertz CT molecular complexity index is 590. The Hall–Kier alpha value is -1.72. The van der Waals surface area contributed by atoms with Gasteiger partial charge in [0.25, 0.3) is 5.89 Å². The maximum absolute atomic E-state index is 6.17. The molecule has 0 aliphatic heterocycles. The van der Waals surface area contributed by atoms with Crippen LogP contribution in [0.15, 0.2) is 22.7 Å². The Kier molecular flexibility index (Phi) is 5.09. The topological polar surface area (TPSA) is 68.2 Å². The van der Waals surface area contributed by atoms with E-state index in [1.165, 1.54) is 5.56 Å². The van der Waals surface area contributed by atoms with E-state index in [2.05, 4.69) is 41.9 Å². The highest BCUT2D eigenvalue weighted by molar-refractivity contribution is 5.58. The quantitative estimate of drug-likeness (QED) is 0.885. The second-order valence-electron chi connectivity index (χ2n) is 5.37. The van der Waals surface area contributed by atoms with Crippen LogP contribution in [0.3, 0.4) is 0 Å². The van der Waals surface area contributed by atoms with Crippen molar-refractivity contribution in [2.24, 2.45) is 5.73 Å². The van der Waals surface area contributed by atoms with Gasteiger partial charge in [0.05, 0.1) is 6.04 Å². The minimum absolute atomic E-state index is 0.229. The Morgan fingerprint density at radius 1 is 1.24 bits per heavy atom. The molecule has 1 unspecified atom stereocenters. The van der Waals surface area contributed by atoms with E-state index < -0.39 is 0 Å². The Morgan fingerprint density at radius 2 is 1.95 bits per heavy atom. The lowest BCUT2D eigenvalue weighted by Gasteiger charge is -2.20. The lowest BCUT2D eigenvalue weighted by molar-refractivity contribution is 0.278. The first-order valence-corrected chi connectivity index (χ1v) is 7.44. The van der Waals surface area contributed by atoms with Gasteiger partial charge in [-0.05, 0) is 38.6 Å². The van der Waals surface area contributed by atoms with E-state index in [1.807, 2.05) is 19.1 Å². The summed E-state index contributed by atoms with van der Waals surface area (Å²) in [6.45, 7) is 11.0. The van der Waals surface area contributed by atoms with Crippen LogP contribution in [-0.2, 0) is 0 Å². The predicted octanol–water partition coefficient (Wildman–Crippen LogP) is 2.70. The molecule has 1 atom stereocenters. The Morgan fingerprint density at radius 3 is 2.57 bits per heavy atom. The van der Waals surface area contributed by atoms with Crippen LogP contribution in [-0.4, -0.2) is 34.7 Å². The summed E-state index contributed by atoms with van der Waals surface area (Å²) in [5.41, 5.74) is 9.49. The highest BCUT2D eigenvalue weighted by Gasteiger charge is 2.18. The van der Waals surface area contributed by atoms with Crippen molar-refractivity contribution in [1.29, 1.82) is 0 Å². The summed E-state index contributed by atoms with van der Waals surface area (Å²) in [5, 5.41) is 4.04. The first-order valence-electron chi connectivity index (χ1n) is 7.44. The SMILES string of the molecule is CCN(CC)CC(N)c1noc(-c2ccc(C)cc2C)n1. The van der Waals surface area contributed by atoms with Gasteiger partial charge in [-0.25, -0.2) is 0 Å². The molecule has 0 radical (unpaired) electrons. The van der Waals surface area contributed by atoms with Gasteiger partial charge in [0.15, 0.2) is 5.82 Å². The number of aryl methyl sites for hydroxylation is 2. The van der Waals surface area contributed by atoms with Crippen molar-refractivity contribution in [2.45, 2.75) is 33.7 Å². The maximum atomic E-state index is 6.17. The van der Waals surface area contributed by atoms with E-state index in [-0.39, 0.29) is 6.04 Å². The molecule has 114 valence electrons. The largest absolute Gasteiger partial charge is 0.334 e. The molecule has 2 rings (SSSR count). The van der Waals surface area contributed by atoms with Crippen molar-refractivity contribution in [1.82, 2.24) is 15.0 Å². The van der Waals surface area contributed by atoms with E-state index in [9.17, 15) is 0 Å². The summed E-state index contributed by atoms with van der Waals surface area (Å²) in [4.78, 5) is 6.71. The summed E-state index contributed by atoms with van der Waals surface area (Å²) >= 11 is 0. The van der Waals surface area contributed by atoms with Crippen LogP contribution in [0.5, 0.6) is 0 Å². The summed E-state index contributed by atoms with van der Waals surface area (Å²) in [6.07, 6.45) is 0. The number of nitrogens with two attached hydrogens (primary N) is 1. The van der Waals surface area contributed by atoms with Gasteiger partial charge in [-0.2, -0.15) is 4.98 Å². The summed E-state index contributed by atoms with van der Waals surface area (Å²) in [7, 11) is 0. The smallest absolute Gasteiger partial charge is 0.258 e. The molecule has 1 aromatic carbocycles. The Balaban J connectivity index is 2.17. The molecule has 5 nitrogen and oxygen atoms in total. The van der Waals surface area contributed by atoms with Gasteiger partial charge >= 0.3 is 0 Å². The summed E-state index contributed by atoms with van der Waals surface area (Å²) < 4.78 is 5.38. The molecule has 2 aromatic rings. The molecule has 5 heteroatoms. The maximum Gasteiger partial charge on any atom is 0.258 e. The average molecular weight is 288 g/mol. The molecular weight excluding hydrogens is 264 g/mol. The Labute approximate surface area is 126 Å². The molecule has 1 heterocycles. The second-order valence-corrected chi connectivity index (χ2v) is 5.37. The van der Waals surface area contributed by atoms with Gasteiger partial charge in [-0.1, -0.05) is 36.7 Å². The number of aromatic nitrogens is 2. The van der Waals surface area contributed by atoms with Crippen molar-refractivity contribution in [3.8, 4) is 11.5 Å². The highest BCUT2D eigenvalue weighted by atomic mass is 16.5. The fourth-order valence-electron chi connectivity index (χ4n) is 2.39. The van der Waals surface area contributed by atoms with Crippen LogP contribution in [0.25, 0.3) is 11.5 Å². The molecule has 1 aromatic heterocycles. The molecule has 0 spiro atoms. The van der Waals surface area contributed by atoms with Gasteiger partial charge in [0.2, 0.25) is 0 Å². The zero-order valence-electron chi connectivity index (χ0n) is 13.3. The first-order chi connectivity index (χ1) is 10.0. The average Bonchev–Trinajstić information content (AvgIpc) is 2.94. The molecular formula is C16H24N4O. The van der Waals surface area contributed by atoms with Crippen LogP contribution in [0, 0.1) is 13.8 Å². The second kappa shape index (κ2) is 6.83. The third-order valence-electron chi connectivity index (χ3n) is 3.74. The molecule has 0 saturated heterocycles. The van der Waals surface area contributed by atoms with E-state index in [0.29, 0.717) is 11.7 Å². The summed E-state index contributed by atoms with van der Waals surface area (Å²) in [6, 6.07) is 5.93. The van der Waals surface area contributed by atoms with Gasteiger partial charge in [0, 0.05) is 12.1 Å². The molecule has 2 N–H and O–H groups in total. The van der Waals surface area contributed by atoms with Crippen molar-refractivity contribution >= 4 is 0 Å². The number of benzene rings is 1. The lowest BCUT2D eigenvalue weighted by atomic mass is 10.1. The summed E-state index contributed by atoms with van der Waals surface area (Å²) in [5.74, 6) is 1.11. The third kappa shape index (κ3) is 3.68. The lowest BCUT2D eigenvalue weighted by Crippen LogP contribution is -2.32. The van der Waals surface area contributed by atoms with Crippen LogP contribution in [0.4, 0.5) is 0 Å². The zero-order chi connectivity index (χ0) is 15.4. The minimum atomic E-state index is -0.229. The molecule has 21 heavy (non-hydrogen) atoms. The predicted molar refractivity (Wildman–Crippen MR) is 83.9 cm³/mol. The van der Waals surface area contributed by atoms with Crippen molar-refractivity contribution in [2.75, 3.05) is 19.6 Å². The van der Waals surface area contributed by atoms with Crippen LogP contribution in [0.2, 0.25) is 0 Å². The van der Waals surface area contributed by atoms with Crippen molar-refractivity contribution in [3.05, 3.63) is 35.2 Å². The van der Waals surface area contributed by atoms with Gasteiger partial charge in [0.1, 0.15) is 0 Å². The standard InChI is InChI=1S/C16H24N4O/c1-5-20(6-2)10-14(17)15-18-16(21-19-15)13-8-7-11(3)9-12(13)4/h7-9,14H,5-6,10,17H2,1-4H3. The molecule has 0 bridgehead atoms. The zero-order valence-corrected chi connectivity index (χ0v) is 13.3. The molecule has 0 saturated carbocycles. The van der Waals surface area contributed by atoms with Gasteiger partial charge < -0.3 is 15.2 Å². The number of hydrogen-bond acceptors (Lipinski definition) is 5. The fourth-order valence-corrected chi connectivity index (χ4v) is 2.39. The number of nitrogens with zero attached hydrogens (tertiary/aromatic N) is 3. The molecule has 0 amide bonds.